The first kappa shape index (κ1) is 16.4. The lowest BCUT2D eigenvalue weighted by atomic mass is 10.2. The van der Waals surface area contributed by atoms with Crippen molar-refractivity contribution in [2.75, 3.05) is 11.9 Å². The van der Waals surface area contributed by atoms with Gasteiger partial charge in [-0.2, -0.15) is 11.3 Å². The number of carbonyl (C=O) groups is 1. The standard InChI is InChI=1S/C18H20N4OS/c1-12(2)20-16(23)7-9-19-18-14-5-3-4-6-15(14)21-17(22-18)13-8-10-24-11-13/h3-6,8,10-12H,7,9H2,1-2H3,(H,20,23)(H,19,21,22). The van der Waals surface area contributed by atoms with Crippen LogP contribution in [0.2, 0.25) is 0 Å². The van der Waals surface area contributed by atoms with E-state index in [-0.39, 0.29) is 11.9 Å². The fraction of sp³-hybridized carbons (Fsp3) is 0.278. The van der Waals surface area contributed by atoms with E-state index >= 15 is 0 Å². The van der Waals surface area contributed by atoms with Crippen LogP contribution >= 0.6 is 11.3 Å². The smallest absolute Gasteiger partial charge is 0.221 e. The fourth-order valence-corrected chi connectivity index (χ4v) is 3.06. The Morgan fingerprint density at radius 2 is 2.04 bits per heavy atom. The summed E-state index contributed by atoms with van der Waals surface area (Å²) in [5.41, 5.74) is 1.90. The first-order valence-electron chi connectivity index (χ1n) is 7.96. The third-order valence-corrected chi connectivity index (χ3v) is 4.16. The first-order chi connectivity index (χ1) is 11.6. The summed E-state index contributed by atoms with van der Waals surface area (Å²) in [6, 6.07) is 10.1. The Balaban J connectivity index is 1.82. The van der Waals surface area contributed by atoms with Crippen LogP contribution in [0.4, 0.5) is 5.82 Å². The summed E-state index contributed by atoms with van der Waals surface area (Å²) in [6.07, 6.45) is 0.407. The van der Waals surface area contributed by atoms with E-state index in [4.69, 9.17) is 0 Å². The van der Waals surface area contributed by atoms with Crippen molar-refractivity contribution < 1.29 is 4.79 Å². The van der Waals surface area contributed by atoms with Crippen LogP contribution in [0.15, 0.2) is 41.1 Å². The number of rotatable bonds is 6. The Labute approximate surface area is 145 Å². The molecule has 0 spiro atoms. The molecule has 6 heteroatoms. The number of fused-ring (bicyclic) bond motifs is 1. The van der Waals surface area contributed by atoms with Crippen molar-refractivity contribution in [2.24, 2.45) is 0 Å². The fourth-order valence-electron chi connectivity index (χ4n) is 2.42. The highest BCUT2D eigenvalue weighted by Gasteiger charge is 2.10. The highest BCUT2D eigenvalue weighted by atomic mass is 32.1. The molecule has 0 bridgehead atoms. The number of para-hydroxylation sites is 1. The second kappa shape index (κ2) is 7.40. The van der Waals surface area contributed by atoms with Crippen molar-refractivity contribution in [3.63, 3.8) is 0 Å². The molecule has 2 N–H and O–H groups in total. The number of thiophene rings is 1. The highest BCUT2D eigenvalue weighted by molar-refractivity contribution is 7.08. The summed E-state index contributed by atoms with van der Waals surface area (Å²) in [7, 11) is 0. The van der Waals surface area contributed by atoms with Crippen molar-refractivity contribution >= 4 is 34.0 Å². The second-order valence-electron chi connectivity index (χ2n) is 5.82. The molecule has 24 heavy (non-hydrogen) atoms. The molecule has 0 atom stereocenters. The van der Waals surface area contributed by atoms with E-state index in [1.165, 1.54) is 0 Å². The van der Waals surface area contributed by atoms with Crippen LogP contribution in [-0.2, 0) is 4.79 Å². The molecule has 0 fully saturated rings. The Hall–Kier alpha value is -2.47. The summed E-state index contributed by atoms with van der Waals surface area (Å²) in [6.45, 7) is 4.44. The zero-order valence-corrected chi connectivity index (χ0v) is 14.6. The normalized spacial score (nSPS) is 11.0. The van der Waals surface area contributed by atoms with Gasteiger partial charge in [0.05, 0.1) is 5.52 Å². The number of benzene rings is 1. The lowest BCUT2D eigenvalue weighted by Crippen LogP contribution is -2.31. The second-order valence-corrected chi connectivity index (χ2v) is 6.60. The number of aromatic nitrogens is 2. The molecule has 5 nitrogen and oxygen atoms in total. The minimum Gasteiger partial charge on any atom is -0.369 e. The van der Waals surface area contributed by atoms with Gasteiger partial charge in [0.25, 0.3) is 0 Å². The van der Waals surface area contributed by atoms with Crippen LogP contribution in [-0.4, -0.2) is 28.5 Å². The largest absolute Gasteiger partial charge is 0.369 e. The Morgan fingerprint density at radius 1 is 1.21 bits per heavy atom. The third-order valence-electron chi connectivity index (χ3n) is 3.48. The zero-order chi connectivity index (χ0) is 16.9. The van der Waals surface area contributed by atoms with Gasteiger partial charge in [-0.05, 0) is 37.4 Å². The third kappa shape index (κ3) is 3.89. The molecule has 0 aliphatic carbocycles. The molecule has 3 aromatic rings. The van der Waals surface area contributed by atoms with Gasteiger partial charge in [-0.25, -0.2) is 9.97 Å². The summed E-state index contributed by atoms with van der Waals surface area (Å²) in [5, 5.41) is 11.2. The molecule has 2 aromatic heterocycles. The maximum absolute atomic E-state index is 11.8. The maximum Gasteiger partial charge on any atom is 0.221 e. The molecule has 2 heterocycles. The van der Waals surface area contributed by atoms with E-state index in [9.17, 15) is 4.79 Å². The van der Waals surface area contributed by atoms with E-state index in [0.29, 0.717) is 18.8 Å². The topological polar surface area (TPSA) is 66.9 Å². The molecule has 0 radical (unpaired) electrons. The summed E-state index contributed by atoms with van der Waals surface area (Å²) >= 11 is 1.62. The summed E-state index contributed by atoms with van der Waals surface area (Å²) in [5.74, 6) is 1.50. The molecule has 0 aliphatic rings. The summed E-state index contributed by atoms with van der Waals surface area (Å²) < 4.78 is 0. The van der Waals surface area contributed by atoms with Crippen LogP contribution in [0.3, 0.4) is 0 Å². The van der Waals surface area contributed by atoms with Gasteiger partial charge in [-0.3, -0.25) is 4.79 Å². The Kier molecular flexibility index (Phi) is 5.05. The van der Waals surface area contributed by atoms with Gasteiger partial charge in [0, 0.05) is 35.3 Å². The van der Waals surface area contributed by atoms with Gasteiger partial charge in [0.15, 0.2) is 5.82 Å². The van der Waals surface area contributed by atoms with Gasteiger partial charge >= 0.3 is 0 Å². The number of hydrogen-bond acceptors (Lipinski definition) is 5. The molecule has 3 rings (SSSR count). The number of nitrogens with zero attached hydrogens (tertiary/aromatic N) is 2. The van der Waals surface area contributed by atoms with Crippen LogP contribution < -0.4 is 10.6 Å². The monoisotopic (exact) mass is 340 g/mol. The molecule has 1 aromatic carbocycles. The van der Waals surface area contributed by atoms with Crippen LogP contribution in [0.5, 0.6) is 0 Å². The van der Waals surface area contributed by atoms with E-state index in [0.717, 1.165) is 22.3 Å². The number of nitrogens with one attached hydrogen (secondary N) is 2. The number of hydrogen-bond donors (Lipinski definition) is 2. The lowest BCUT2D eigenvalue weighted by Gasteiger charge is -2.11. The molecular formula is C18H20N4OS. The minimum absolute atomic E-state index is 0.0360. The lowest BCUT2D eigenvalue weighted by molar-refractivity contribution is -0.121. The predicted octanol–water partition coefficient (Wildman–Crippen LogP) is 3.68. The summed E-state index contributed by atoms with van der Waals surface area (Å²) in [4.78, 5) is 21.1. The molecule has 124 valence electrons. The first-order valence-corrected chi connectivity index (χ1v) is 8.90. The number of amides is 1. The van der Waals surface area contributed by atoms with Gasteiger partial charge in [0.1, 0.15) is 5.82 Å². The van der Waals surface area contributed by atoms with E-state index in [1.807, 2.05) is 54.9 Å². The van der Waals surface area contributed by atoms with Crippen molar-refractivity contribution in [1.29, 1.82) is 0 Å². The number of anilines is 1. The predicted molar refractivity (Wildman–Crippen MR) is 99.2 cm³/mol. The van der Waals surface area contributed by atoms with Crippen molar-refractivity contribution in [2.45, 2.75) is 26.3 Å². The molecule has 1 amide bonds. The van der Waals surface area contributed by atoms with Crippen molar-refractivity contribution in [3.8, 4) is 11.4 Å². The molecular weight excluding hydrogens is 320 g/mol. The van der Waals surface area contributed by atoms with E-state index in [2.05, 4.69) is 20.6 Å². The van der Waals surface area contributed by atoms with Crippen LogP contribution in [0.1, 0.15) is 20.3 Å². The zero-order valence-electron chi connectivity index (χ0n) is 13.7. The van der Waals surface area contributed by atoms with Gasteiger partial charge < -0.3 is 10.6 Å². The van der Waals surface area contributed by atoms with Crippen LogP contribution in [0.25, 0.3) is 22.3 Å². The Morgan fingerprint density at radius 3 is 2.79 bits per heavy atom. The molecule has 0 saturated carbocycles. The van der Waals surface area contributed by atoms with Crippen molar-refractivity contribution in [3.05, 3.63) is 41.1 Å². The maximum atomic E-state index is 11.8. The average Bonchev–Trinajstić information content (AvgIpc) is 3.08. The van der Waals surface area contributed by atoms with Crippen molar-refractivity contribution in [1.82, 2.24) is 15.3 Å². The molecule has 0 saturated heterocycles. The van der Waals surface area contributed by atoms with Gasteiger partial charge in [-0.15, -0.1) is 0 Å². The van der Waals surface area contributed by atoms with Crippen LogP contribution in [0, 0.1) is 0 Å². The molecule has 0 aliphatic heterocycles. The SMILES string of the molecule is CC(C)NC(=O)CCNc1nc(-c2ccsc2)nc2ccccc12. The number of carbonyl (C=O) groups excluding carboxylic acids is 1. The van der Waals surface area contributed by atoms with Gasteiger partial charge in [-0.1, -0.05) is 12.1 Å². The molecule has 0 unspecified atom stereocenters. The highest BCUT2D eigenvalue weighted by Crippen LogP contribution is 2.25. The quantitative estimate of drug-likeness (QED) is 0.718. The minimum atomic E-state index is 0.0360. The van der Waals surface area contributed by atoms with Gasteiger partial charge in [0.2, 0.25) is 5.91 Å². The Bertz CT molecular complexity index is 830. The van der Waals surface area contributed by atoms with E-state index in [1.54, 1.807) is 11.3 Å². The average molecular weight is 340 g/mol. The van der Waals surface area contributed by atoms with E-state index < -0.39 is 0 Å².